The summed E-state index contributed by atoms with van der Waals surface area (Å²) in [6, 6.07) is 18.5. The van der Waals surface area contributed by atoms with E-state index in [1.54, 1.807) is 12.3 Å². The number of carbonyl (C=O) groups excluding carboxylic acids is 2. The number of carbonyl (C=O) groups is 2. The smallest absolute Gasteiger partial charge is 0.340 e. The largest absolute Gasteiger partial charge is 0.467 e. The van der Waals surface area contributed by atoms with E-state index >= 15 is 0 Å². The summed E-state index contributed by atoms with van der Waals surface area (Å²) in [5, 5.41) is 3.56. The fourth-order valence-corrected chi connectivity index (χ4v) is 5.33. The number of hydrogen-bond acceptors (Lipinski definition) is 6. The second-order valence-corrected chi connectivity index (χ2v) is 9.65. The van der Waals surface area contributed by atoms with Gasteiger partial charge in [0.1, 0.15) is 11.8 Å². The first-order chi connectivity index (χ1) is 15.9. The predicted molar refractivity (Wildman–Crippen MR) is 124 cm³/mol. The molecule has 0 saturated heterocycles. The lowest BCUT2D eigenvalue weighted by molar-refractivity contribution is -0.118. The molecular formula is C27H24N2O4. The molecule has 0 fully saturated rings. The number of furan rings is 1. The molecule has 2 aromatic carbocycles. The highest BCUT2D eigenvalue weighted by Gasteiger charge is 2.47. The van der Waals surface area contributed by atoms with Gasteiger partial charge in [0, 0.05) is 23.3 Å². The number of allylic oxidation sites excluding steroid dienone is 1. The Morgan fingerprint density at radius 2 is 1.76 bits per heavy atom. The van der Waals surface area contributed by atoms with Crippen molar-refractivity contribution in [3.8, 4) is 0 Å². The number of rotatable bonds is 2. The van der Waals surface area contributed by atoms with Gasteiger partial charge in [-0.1, -0.05) is 44.2 Å². The molecule has 3 aromatic rings. The van der Waals surface area contributed by atoms with E-state index in [1.807, 2.05) is 59.5 Å². The maximum absolute atomic E-state index is 13.6. The van der Waals surface area contributed by atoms with Crippen LogP contribution < -0.4 is 10.2 Å². The average Bonchev–Trinajstić information content (AvgIpc) is 3.39. The van der Waals surface area contributed by atoms with Crippen molar-refractivity contribution in [2.75, 3.05) is 10.2 Å². The molecule has 1 aromatic heterocycles. The van der Waals surface area contributed by atoms with Gasteiger partial charge < -0.3 is 19.4 Å². The number of nitrogens with zero attached hydrogens (tertiary/aromatic N) is 1. The van der Waals surface area contributed by atoms with Gasteiger partial charge in [-0.25, -0.2) is 4.79 Å². The Morgan fingerprint density at radius 3 is 2.58 bits per heavy atom. The number of nitrogens with one attached hydrogen (secondary N) is 1. The minimum Gasteiger partial charge on any atom is -0.467 e. The molecule has 33 heavy (non-hydrogen) atoms. The van der Waals surface area contributed by atoms with Crippen molar-refractivity contribution < 1.29 is 18.7 Å². The van der Waals surface area contributed by atoms with Crippen molar-refractivity contribution in [3.63, 3.8) is 0 Å². The number of para-hydroxylation sites is 2. The molecule has 1 N–H and O–H groups in total. The first kappa shape index (κ1) is 19.9. The Hall–Kier alpha value is -3.80. The monoisotopic (exact) mass is 440 g/mol. The van der Waals surface area contributed by atoms with Crippen molar-refractivity contribution in [2.45, 2.75) is 39.0 Å². The van der Waals surface area contributed by atoms with Crippen molar-refractivity contribution in [2.24, 2.45) is 5.41 Å². The van der Waals surface area contributed by atoms with Crippen LogP contribution in [0.25, 0.3) is 0 Å². The molecule has 0 saturated carbocycles. The first-order valence-electron chi connectivity index (χ1n) is 11.2. The van der Waals surface area contributed by atoms with Gasteiger partial charge in [-0.3, -0.25) is 4.79 Å². The number of Topliss-reactive ketones (excluding diaryl/α,β-unsaturated/α-hetero) is 1. The Labute approximate surface area is 191 Å². The predicted octanol–water partition coefficient (Wildman–Crippen LogP) is 5.77. The molecule has 2 unspecified atom stereocenters. The molecule has 2 atom stereocenters. The van der Waals surface area contributed by atoms with Crippen LogP contribution >= 0.6 is 0 Å². The number of anilines is 2. The maximum Gasteiger partial charge on any atom is 0.340 e. The van der Waals surface area contributed by atoms with Crippen LogP contribution in [0.3, 0.4) is 0 Å². The van der Waals surface area contributed by atoms with Gasteiger partial charge in [0.2, 0.25) is 6.23 Å². The molecule has 6 rings (SSSR count). The average molecular weight is 440 g/mol. The number of benzene rings is 2. The van der Waals surface area contributed by atoms with Crippen LogP contribution in [0, 0.1) is 5.41 Å². The number of esters is 1. The van der Waals surface area contributed by atoms with Gasteiger partial charge >= 0.3 is 5.97 Å². The van der Waals surface area contributed by atoms with Crippen molar-refractivity contribution >= 4 is 23.1 Å². The Balaban J connectivity index is 1.63. The molecule has 0 amide bonds. The molecule has 1 aliphatic carbocycles. The summed E-state index contributed by atoms with van der Waals surface area (Å²) in [5.41, 5.74) is 4.43. The number of ether oxygens (including phenoxy) is 1. The second kappa shape index (κ2) is 7.10. The third-order valence-corrected chi connectivity index (χ3v) is 6.67. The van der Waals surface area contributed by atoms with Crippen LogP contribution in [0.1, 0.15) is 60.6 Å². The summed E-state index contributed by atoms with van der Waals surface area (Å²) in [5.74, 6) is 0.342. The summed E-state index contributed by atoms with van der Waals surface area (Å²) in [6.07, 6.45) is 2.09. The van der Waals surface area contributed by atoms with E-state index in [1.165, 1.54) is 0 Å². The van der Waals surface area contributed by atoms with E-state index in [2.05, 4.69) is 19.2 Å². The normalized spacial score (nSPS) is 23.3. The fraction of sp³-hybridized carbons (Fsp3) is 0.259. The van der Waals surface area contributed by atoms with Crippen molar-refractivity contribution in [3.05, 3.63) is 95.1 Å². The van der Waals surface area contributed by atoms with Crippen LogP contribution in [0.5, 0.6) is 0 Å². The Bertz CT molecular complexity index is 1310. The van der Waals surface area contributed by atoms with Crippen molar-refractivity contribution in [1.29, 1.82) is 0 Å². The molecule has 166 valence electrons. The molecule has 2 aliphatic heterocycles. The van der Waals surface area contributed by atoms with E-state index < -0.39 is 12.3 Å². The second-order valence-electron chi connectivity index (χ2n) is 9.65. The zero-order valence-corrected chi connectivity index (χ0v) is 18.5. The third-order valence-electron chi connectivity index (χ3n) is 6.67. The molecule has 6 heteroatoms. The molecule has 3 heterocycles. The summed E-state index contributed by atoms with van der Waals surface area (Å²) in [6.45, 7) is 4.23. The maximum atomic E-state index is 13.6. The summed E-state index contributed by atoms with van der Waals surface area (Å²) >= 11 is 0. The lowest BCUT2D eigenvalue weighted by Crippen LogP contribution is -2.38. The lowest BCUT2D eigenvalue weighted by Gasteiger charge is -2.39. The minimum absolute atomic E-state index is 0.0746. The number of cyclic esters (lactones) is 1. The summed E-state index contributed by atoms with van der Waals surface area (Å²) in [4.78, 5) is 28.4. The van der Waals surface area contributed by atoms with Crippen molar-refractivity contribution in [1.82, 2.24) is 0 Å². The Kier molecular flexibility index (Phi) is 4.27. The lowest BCUT2D eigenvalue weighted by atomic mass is 9.74. The van der Waals surface area contributed by atoms with Crippen LogP contribution in [0.2, 0.25) is 0 Å². The van der Waals surface area contributed by atoms with Crippen LogP contribution in [-0.4, -0.2) is 11.8 Å². The quantitative estimate of drug-likeness (QED) is 0.511. The third kappa shape index (κ3) is 3.09. The summed E-state index contributed by atoms with van der Waals surface area (Å²) in [7, 11) is 0. The zero-order chi connectivity index (χ0) is 22.7. The number of ketones is 1. The molecule has 3 aliphatic rings. The summed E-state index contributed by atoms with van der Waals surface area (Å²) < 4.78 is 11.9. The first-order valence-corrected chi connectivity index (χ1v) is 11.2. The van der Waals surface area contributed by atoms with Gasteiger partial charge in [-0.05, 0) is 42.2 Å². The standard InChI is InChI=1S/C27H24N2O4/c1-27(2)14-19-23(21(30)15-27)24(22-12-7-13-32-22)29(20-11-6-5-10-18(20)28-19)25-16-8-3-4-9-17(16)26(31)33-25/h3-13,24-25,28H,14-15H2,1-2H3. The zero-order valence-electron chi connectivity index (χ0n) is 18.5. The minimum atomic E-state index is -0.693. The topological polar surface area (TPSA) is 71.8 Å². The van der Waals surface area contributed by atoms with Gasteiger partial charge in [-0.2, -0.15) is 0 Å². The van der Waals surface area contributed by atoms with Crippen LogP contribution in [-0.2, 0) is 9.53 Å². The molecule has 6 nitrogen and oxygen atoms in total. The number of fused-ring (bicyclic) bond motifs is 2. The molecule has 0 spiro atoms. The van der Waals surface area contributed by atoms with Gasteiger partial charge in [0.25, 0.3) is 0 Å². The van der Waals surface area contributed by atoms with E-state index in [0.29, 0.717) is 23.3 Å². The van der Waals surface area contributed by atoms with E-state index in [-0.39, 0.29) is 17.2 Å². The van der Waals surface area contributed by atoms with E-state index in [9.17, 15) is 9.59 Å². The SMILES string of the molecule is CC1(C)CC(=O)C2=C(C1)Nc1ccccc1N(C1OC(=O)c3ccccc31)C2c1ccco1. The van der Waals surface area contributed by atoms with E-state index in [0.717, 1.165) is 29.1 Å². The highest BCUT2D eigenvalue weighted by Crippen LogP contribution is 2.52. The fourth-order valence-electron chi connectivity index (χ4n) is 5.33. The molecule has 0 radical (unpaired) electrons. The molecule has 0 bridgehead atoms. The van der Waals surface area contributed by atoms with Gasteiger partial charge in [0.15, 0.2) is 5.78 Å². The molecular weight excluding hydrogens is 416 g/mol. The number of hydrogen-bond donors (Lipinski definition) is 1. The van der Waals surface area contributed by atoms with Crippen LogP contribution in [0.4, 0.5) is 11.4 Å². The highest BCUT2D eigenvalue weighted by atomic mass is 16.6. The van der Waals surface area contributed by atoms with E-state index in [4.69, 9.17) is 9.15 Å². The Morgan fingerprint density at radius 1 is 0.970 bits per heavy atom. The highest BCUT2D eigenvalue weighted by molar-refractivity contribution is 6.01. The van der Waals surface area contributed by atoms with Gasteiger partial charge in [0.05, 0.1) is 23.2 Å². The van der Waals surface area contributed by atoms with Gasteiger partial charge in [-0.15, -0.1) is 0 Å². The van der Waals surface area contributed by atoms with Crippen LogP contribution in [0.15, 0.2) is 82.6 Å².